The van der Waals surface area contributed by atoms with Crippen molar-refractivity contribution in [2.75, 3.05) is 31.3 Å². The summed E-state index contributed by atoms with van der Waals surface area (Å²) in [4.78, 5) is 27.5. The maximum absolute atomic E-state index is 12.4. The second kappa shape index (κ2) is 10.2. The number of amides is 2. The van der Waals surface area contributed by atoms with Crippen molar-refractivity contribution in [1.29, 1.82) is 0 Å². The van der Waals surface area contributed by atoms with Gasteiger partial charge in [-0.1, -0.05) is 0 Å². The van der Waals surface area contributed by atoms with Gasteiger partial charge >= 0.3 is 0 Å². The highest BCUT2D eigenvalue weighted by atomic mass is 32.2. The number of fused-ring (bicyclic) bond motifs is 1. The summed E-state index contributed by atoms with van der Waals surface area (Å²) in [6.07, 6.45) is 1.91. The Morgan fingerprint density at radius 2 is 1.80 bits per heavy atom. The van der Waals surface area contributed by atoms with Gasteiger partial charge in [0.15, 0.2) is 0 Å². The Kier molecular flexibility index (Phi) is 7.41. The number of ether oxygens (including phenoxy) is 1. The summed E-state index contributed by atoms with van der Waals surface area (Å²) in [6, 6.07) is 15.3. The Bertz CT molecular complexity index is 1010. The van der Waals surface area contributed by atoms with E-state index in [4.69, 9.17) is 4.74 Å². The summed E-state index contributed by atoms with van der Waals surface area (Å²) < 4.78 is 7.09. The fraction of sp³-hybridized carbons (Fsp3) is 0.304. The minimum absolute atomic E-state index is 0.0636. The monoisotopic (exact) mass is 425 g/mol. The third kappa shape index (κ3) is 5.36. The number of hydrogen-bond acceptors (Lipinski definition) is 4. The van der Waals surface area contributed by atoms with Gasteiger partial charge in [0.05, 0.1) is 12.9 Å². The van der Waals surface area contributed by atoms with E-state index in [-0.39, 0.29) is 11.8 Å². The molecule has 3 rings (SSSR count). The number of aromatic nitrogens is 1. The standard InChI is InChI=1S/C23H27N3O3S/c1-4-25(5-2)23(28)15-26-13-12-17-14-18(6-11-21(17)26)24-22(27)16-30-20-9-7-19(29-3)8-10-20/h6-14H,4-5,15-16H2,1-3H3,(H,24,27). The molecule has 0 atom stereocenters. The highest BCUT2D eigenvalue weighted by Crippen LogP contribution is 2.23. The topological polar surface area (TPSA) is 63.6 Å². The number of nitrogens with zero attached hydrogens (tertiary/aromatic N) is 2. The van der Waals surface area contributed by atoms with E-state index in [1.54, 1.807) is 7.11 Å². The zero-order valence-corrected chi connectivity index (χ0v) is 18.4. The minimum atomic E-state index is -0.0636. The van der Waals surface area contributed by atoms with Gasteiger partial charge in [-0.05, 0) is 62.4 Å². The molecule has 2 amide bonds. The van der Waals surface area contributed by atoms with Crippen LogP contribution in [0.1, 0.15) is 13.8 Å². The number of likely N-dealkylation sites (N-methyl/N-ethyl adjacent to an activating group) is 1. The summed E-state index contributed by atoms with van der Waals surface area (Å²) in [5, 5.41) is 3.93. The molecule has 1 aromatic heterocycles. The first kappa shape index (κ1) is 21.8. The van der Waals surface area contributed by atoms with Crippen LogP contribution < -0.4 is 10.1 Å². The fourth-order valence-electron chi connectivity index (χ4n) is 3.26. The second-order valence-electron chi connectivity index (χ2n) is 6.80. The predicted molar refractivity (Wildman–Crippen MR) is 122 cm³/mol. The first-order valence-electron chi connectivity index (χ1n) is 9.97. The Labute approximate surface area is 181 Å². The van der Waals surface area contributed by atoms with Gasteiger partial charge in [0.25, 0.3) is 0 Å². The molecular formula is C23H27N3O3S. The summed E-state index contributed by atoms with van der Waals surface area (Å²) in [5.41, 5.74) is 1.72. The number of carbonyl (C=O) groups is 2. The van der Waals surface area contributed by atoms with Crippen LogP contribution in [-0.2, 0) is 16.1 Å². The zero-order chi connectivity index (χ0) is 21.5. The van der Waals surface area contributed by atoms with Gasteiger partial charge in [-0.3, -0.25) is 9.59 Å². The summed E-state index contributed by atoms with van der Waals surface area (Å²) in [5.74, 6) is 1.16. The van der Waals surface area contributed by atoms with Crippen LogP contribution in [0.3, 0.4) is 0 Å². The number of benzene rings is 2. The highest BCUT2D eigenvalue weighted by Gasteiger charge is 2.12. The van der Waals surface area contributed by atoms with Crippen LogP contribution in [0, 0.1) is 0 Å². The number of rotatable bonds is 9. The van der Waals surface area contributed by atoms with Crippen LogP contribution >= 0.6 is 11.8 Å². The molecule has 0 fully saturated rings. The first-order chi connectivity index (χ1) is 14.5. The van der Waals surface area contributed by atoms with Crippen molar-refractivity contribution in [3.05, 3.63) is 54.7 Å². The SMILES string of the molecule is CCN(CC)C(=O)Cn1ccc2cc(NC(=O)CSc3ccc(OC)cc3)ccc21. The lowest BCUT2D eigenvalue weighted by atomic mass is 10.2. The van der Waals surface area contributed by atoms with Crippen molar-refractivity contribution in [2.45, 2.75) is 25.3 Å². The van der Waals surface area contributed by atoms with Gasteiger partial charge in [-0.25, -0.2) is 0 Å². The molecule has 0 unspecified atom stereocenters. The minimum Gasteiger partial charge on any atom is -0.497 e. The number of methoxy groups -OCH3 is 1. The Hall–Kier alpha value is -2.93. The maximum Gasteiger partial charge on any atom is 0.242 e. The molecule has 6 nitrogen and oxygen atoms in total. The van der Waals surface area contributed by atoms with Gasteiger partial charge in [0.1, 0.15) is 12.3 Å². The molecule has 7 heteroatoms. The molecule has 0 spiro atoms. The van der Waals surface area contributed by atoms with Crippen molar-refractivity contribution < 1.29 is 14.3 Å². The van der Waals surface area contributed by atoms with Crippen LogP contribution in [0.2, 0.25) is 0 Å². The van der Waals surface area contributed by atoms with Gasteiger partial charge in [-0.15, -0.1) is 11.8 Å². The quantitative estimate of drug-likeness (QED) is 0.521. The molecule has 0 saturated carbocycles. The van der Waals surface area contributed by atoms with Crippen molar-refractivity contribution in [3.8, 4) is 5.75 Å². The van der Waals surface area contributed by atoms with Gasteiger partial charge < -0.3 is 19.5 Å². The molecule has 0 aliphatic carbocycles. The number of anilines is 1. The normalized spacial score (nSPS) is 10.8. The van der Waals surface area contributed by atoms with Crippen LogP contribution in [0.5, 0.6) is 5.75 Å². The van der Waals surface area contributed by atoms with Crippen molar-refractivity contribution in [3.63, 3.8) is 0 Å². The van der Waals surface area contributed by atoms with E-state index < -0.39 is 0 Å². The van der Waals surface area contributed by atoms with Crippen molar-refractivity contribution in [2.24, 2.45) is 0 Å². The number of thioether (sulfide) groups is 1. The maximum atomic E-state index is 12.4. The highest BCUT2D eigenvalue weighted by molar-refractivity contribution is 8.00. The van der Waals surface area contributed by atoms with Gasteiger partial charge in [0.2, 0.25) is 11.8 Å². The summed E-state index contributed by atoms with van der Waals surface area (Å²) in [6.45, 7) is 5.70. The number of hydrogen-bond donors (Lipinski definition) is 1. The molecule has 2 aromatic carbocycles. The lowest BCUT2D eigenvalue weighted by molar-refractivity contribution is -0.131. The Morgan fingerprint density at radius 1 is 1.07 bits per heavy atom. The van der Waals surface area contributed by atoms with Crippen LogP contribution in [0.25, 0.3) is 10.9 Å². The van der Waals surface area contributed by atoms with E-state index in [0.717, 1.165) is 27.2 Å². The van der Waals surface area contributed by atoms with Gasteiger partial charge in [-0.2, -0.15) is 0 Å². The summed E-state index contributed by atoms with van der Waals surface area (Å²) in [7, 11) is 1.63. The average Bonchev–Trinajstić information content (AvgIpc) is 3.15. The second-order valence-corrected chi connectivity index (χ2v) is 7.84. The third-order valence-corrected chi connectivity index (χ3v) is 5.92. The predicted octanol–water partition coefficient (Wildman–Crippen LogP) is 4.25. The number of nitrogens with one attached hydrogen (secondary N) is 1. The van der Waals surface area contributed by atoms with Crippen LogP contribution in [0.4, 0.5) is 5.69 Å². The Balaban J connectivity index is 1.60. The van der Waals surface area contributed by atoms with Crippen molar-refractivity contribution >= 4 is 40.2 Å². The van der Waals surface area contributed by atoms with E-state index in [2.05, 4.69) is 5.32 Å². The molecule has 0 aliphatic rings. The van der Waals surface area contributed by atoms with Crippen LogP contribution in [0.15, 0.2) is 59.6 Å². The lowest BCUT2D eigenvalue weighted by Crippen LogP contribution is -2.33. The van der Waals surface area contributed by atoms with Gasteiger partial charge in [0, 0.05) is 40.8 Å². The van der Waals surface area contributed by atoms with Crippen molar-refractivity contribution in [1.82, 2.24) is 9.47 Å². The lowest BCUT2D eigenvalue weighted by Gasteiger charge is -2.19. The third-order valence-electron chi connectivity index (χ3n) is 4.91. The fourth-order valence-corrected chi connectivity index (χ4v) is 3.95. The molecular weight excluding hydrogens is 398 g/mol. The average molecular weight is 426 g/mol. The van der Waals surface area contributed by atoms with E-state index in [9.17, 15) is 9.59 Å². The van der Waals surface area contributed by atoms with E-state index >= 15 is 0 Å². The van der Waals surface area contributed by atoms with E-state index in [0.29, 0.717) is 25.4 Å². The molecule has 158 valence electrons. The molecule has 0 saturated heterocycles. The molecule has 0 aliphatic heterocycles. The number of carbonyl (C=O) groups excluding carboxylic acids is 2. The molecule has 1 N–H and O–H groups in total. The largest absolute Gasteiger partial charge is 0.497 e. The molecule has 30 heavy (non-hydrogen) atoms. The van der Waals surface area contributed by atoms with Crippen LogP contribution in [-0.4, -0.2) is 47.2 Å². The molecule has 3 aromatic rings. The first-order valence-corrected chi connectivity index (χ1v) is 11.0. The molecule has 0 bridgehead atoms. The van der Waals surface area contributed by atoms with E-state index in [1.165, 1.54) is 11.8 Å². The molecule has 1 heterocycles. The Morgan fingerprint density at radius 3 is 2.47 bits per heavy atom. The molecule has 0 radical (unpaired) electrons. The smallest absolute Gasteiger partial charge is 0.242 e. The van der Waals surface area contributed by atoms with E-state index in [1.807, 2.05) is 78.0 Å². The summed E-state index contributed by atoms with van der Waals surface area (Å²) >= 11 is 1.47. The zero-order valence-electron chi connectivity index (χ0n) is 17.6.